The molecule has 31 heavy (non-hydrogen) atoms. The molecule has 0 saturated carbocycles. The molecule has 3 aromatic rings. The van der Waals surface area contributed by atoms with Crippen molar-refractivity contribution in [2.45, 2.75) is 38.6 Å². The Morgan fingerprint density at radius 3 is 2.39 bits per heavy atom. The lowest BCUT2D eigenvalue weighted by atomic mass is 9.95. The molecular formula is C24H27N5O2. The van der Waals surface area contributed by atoms with Crippen LogP contribution in [0, 0.1) is 0 Å². The van der Waals surface area contributed by atoms with Gasteiger partial charge in [-0.25, -0.2) is 4.98 Å². The third-order valence-corrected chi connectivity index (χ3v) is 5.94. The summed E-state index contributed by atoms with van der Waals surface area (Å²) in [4.78, 5) is 31.0. The number of ketones is 1. The Kier molecular flexibility index (Phi) is 6.23. The minimum atomic E-state index is -0.233. The average molecular weight is 418 g/mol. The van der Waals surface area contributed by atoms with Crippen molar-refractivity contribution in [1.29, 1.82) is 0 Å². The quantitative estimate of drug-likeness (QED) is 0.594. The topological polar surface area (TPSA) is 91.0 Å². The fourth-order valence-corrected chi connectivity index (χ4v) is 3.93. The number of aromatic amines is 1. The molecule has 2 N–H and O–H groups in total. The maximum Gasteiger partial charge on any atom is 0.241 e. The zero-order valence-corrected chi connectivity index (χ0v) is 17.8. The molecule has 0 spiro atoms. The molecule has 4 rings (SSSR count). The summed E-state index contributed by atoms with van der Waals surface area (Å²) in [6, 6.07) is 16.7. The predicted molar refractivity (Wildman–Crippen MR) is 120 cm³/mol. The van der Waals surface area contributed by atoms with Crippen LogP contribution < -0.4 is 5.32 Å². The summed E-state index contributed by atoms with van der Waals surface area (Å²) in [6.07, 6.45) is 1.85. The number of H-pyrrole nitrogens is 1. The summed E-state index contributed by atoms with van der Waals surface area (Å²) in [7, 11) is 0. The molecule has 1 atom stereocenters. The summed E-state index contributed by atoms with van der Waals surface area (Å²) in [5.74, 6) is 1.93. The maximum absolute atomic E-state index is 12.7. The van der Waals surface area contributed by atoms with Crippen molar-refractivity contribution in [2.24, 2.45) is 0 Å². The fraction of sp³-hybridized carbons (Fsp3) is 0.333. The Morgan fingerprint density at radius 1 is 1.06 bits per heavy atom. The Morgan fingerprint density at radius 2 is 1.74 bits per heavy atom. The van der Waals surface area contributed by atoms with Gasteiger partial charge in [0.15, 0.2) is 11.6 Å². The summed E-state index contributed by atoms with van der Waals surface area (Å²) in [6.45, 7) is 5.11. The SMILES string of the molecule is CC(=O)c1ccc(NC(=O)[C@H](C)N2CCC(c3nc(-c4ccccc4)n[nH]3)CC2)cc1. The van der Waals surface area contributed by atoms with Gasteiger partial charge in [0.25, 0.3) is 0 Å². The Balaban J connectivity index is 1.31. The lowest BCUT2D eigenvalue weighted by Crippen LogP contribution is -2.45. The number of carbonyl (C=O) groups is 2. The van der Waals surface area contributed by atoms with E-state index in [-0.39, 0.29) is 17.7 Å². The largest absolute Gasteiger partial charge is 0.325 e. The fourth-order valence-electron chi connectivity index (χ4n) is 3.93. The molecule has 1 aliphatic rings. The van der Waals surface area contributed by atoms with Gasteiger partial charge < -0.3 is 5.32 Å². The Hall–Kier alpha value is -3.32. The van der Waals surface area contributed by atoms with E-state index in [4.69, 9.17) is 4.98 Å². The first-order valence-corrected chi connectivity index (χ1v) is 10.6. The van der Waals surface area contributed by atoms with Crippen LogP contribution in [0.4, 0.5) is 5.69 Å². The number of amides is 1. The molecule has 1 fully saturated rings. The first kappa shape index (κ1) is 20.9. The molecule has 7 heteroatoms. The van der Waals surface area contributed by atoms with Crippen molar-refractivity contribution in [3.63, 3.8) is 0 Å². The number of anilines is 1. The summed E-state index contributed by atoms with van der Waals surface area (Å²) >= 11 is 0. The zero-order valence-electron chi connectivity index (χ0n) is 17.8. The lowest BCUT2D eigenvalue weighted by molar-refractivity contribution is -0.121. The summed E-state index contributed by atoms with van der Waals surface area (Å²) in [5, 5.41) is 10.4. The van der Waals surface area contributed by atoms with E-state index in [9.17, 15) is 9.59 Å². The van der Waals surface area contributed by atoms with Gasteiger partial charge in [0, 0.05) is 22.7 Å². The molecule has 2 aromatic carbocycles. The number of carbonyl (C=O) groups excluding carboxylic acids is 2. The monoisotopic (exact) mass is 417 g/mol. The predicted octanol–water partition coefficient (Wildman–Crippen LogP) is 3.88. The minimum absolute atomic E-state index is 0.0109. The molecule has 1 aromatic heterocycles. The molecule has 1 amide bonds. The molecular weight excluding hydrogens is 390 g/mol. The van der Waals surface area contributed by atoms with Gasteiger partial charge in [-0.3, -0.25) is 19.6 Å². The molecule has 7 nitrogen and oxygen atoms in total. The van der Waals surface area contributed by atoms with E-state index in [2.05, 4.69) is 20.4 Å². The van der Waals surface area contributed by atoms with E-state index in [1.165, 1.54) is 6.92 Å². The normalized spacial score (nSPS) is 16.1. The number of hydrogen-bond acceptors (Lipinski definition) is 5. The number of Topliss-reactive ketones (excluding diaryl/α,β-unsaturated/α-hetero) is 1. The van der Waals surface area contributed by atoms with Gasteiger partial charge >= 0.3 is 0 Å². The van der Waals surface area contributed by atoms with E-state index < -0.39 is 0 Å². The van der Waals surface area contributed by atoms with E-state index in [0.29, 0.717) is 17.2 Å². The summed E-state index contributed by atoms with van der Waals surface area (Å²) < 4.78 is 0. The minimum Gasteiger partial charge on any atom is -0.325 e. The van der Waals surface area contributed by atoms with Crippen LogP contribution >= 0.6 is 0 Å². The van der Waals surface area contributed by atoms with Gasteiger partial charge in [-0.15, -0.1) is 0 Å². The lowest BCUT2D eigenvalue weighted by Gasteiger charge is -2.34. The van der Waals surface area contributed by atoms with E-state index in [1.807, 2.05) is 37.3 Å². The second-order valence-electron chi connectivity index (χ2n) is 8.02. The number of benzene rings is 2. The van der Waals surface area contributed by atoms with Gasteiger partial charge in [0.05, 0.1) is 6.04 Å². The zero-order chi connectivity index (χ0) is 21.8. The number of piperidine rings is 1. The van der Waals surface area contributed by atoms with Crippen molar-refractivity contribution in [3.05, 3.63) is 66.0 Å². The first-order chi connectivity index (χ1) is 15.0. The van der Waals surface area contributed by atoms with Gasteiger partial charge in [-0.1, -0.05) is 30.3 Å². The van der Waals surface area contributed by atoms with Crippen LogP contribution in [0.2, 0.25) is 0 Å². The van der Waals surface area contributed by atoms with Crippen molar-refractivity contribution in [1.82, 2.24) is 20.1 Å². The number of hydrogen-bond donors (Lipinski definition) is 2. The van der Waals surface area contributed by atoms with Crippen molar-refractivity contribution in [2.75, 3.05) is 18.4 Å². The number of nitrogens with one attached hydrogen (secondary N) is 2. The molecule has 1 saturated heterocycles. The molecule has 0 unspecified atom stereocenters. The number of aromatic nitrogens is 3. The van der Waals surface area contributed by atoms with Gasteiger partial charge in [-0.05, 0) is 64.0 Å². The second kappa shape index (κ2) is 9.22. The number of likely N-dealkylation sites (tertiary alicyclic amines) is 1. The highest BCUT2D eigenvalue weighted by Gasteiger charge is 2.29. The van der Waals surface area contributed by atoms with E-state index >= 15 is 0 Å². The third-order valence-electron chi connectivity index (χ3n) is 5.94. The van der Waals surface area contributed by atoms with E-state index in [0.717, 1.165) is 43.1 Å². The first-order valence-electron chi connectivity index (χ1n) is 10.6. The number of rotatable bonds is 6. The van der Waals surface area contributed by atoms with Crippen LogP contribution in [-0.2, 0) is 4.79 Å². The molecule has 0 aliphatic carbocycles. The van der Waals surface area contributed by atoms with Crippen molar-refractivity contribution < 1.29 is 9.59 Å². The van der Waals surface area contributed by atoms with Crippen LogP contribution in [-0.4, -0.2) is 50.9 Å². The van der Waals surface area contributed by atoms with E-state index in [1.54, 1.807) is 24.3 Å². The smallest absolute Gasteiger partial charge is 0.241 e. The van der Waals surface area contributed by atoms with Gasteiger partial charge in [-0.2, -0.15) is 5.10 Å². The van der Waals surface area contributed by atoms with Crippen LogP contribution in [0.15, 0.2) is 54.6 Å². The Labute approximate surface area is 181 Å². The maximum atomic E-state index is 12.7. The Bertz CT molecular complexity index is 1040. The van der Waals surface area contributed by atoms with Gasteiger partial charge in [0.2, 0.25) is 5.91 Å². The number of nitrogens with zero attached hydrogens (tertiary/aromatic N) is 3. The highest BCUT2D eigenvalue weighted by atomic mass is 16.2. The standard InChI is InChI=1S/C24H27N5O2/c1-16(24(31)25-21-10-8-18(9-11-21)17(2)30)29-14-12-20(13-15-29)23-26-22(27-28-23)19-6-4-3-5-7-19/h3-11,16,20H,12-15H2,1-2H3,(H,25,31)(H,26,27,28)/t16-/m0/s1. The van der Waals surface area contributed by atoms with Crippen molar-refractivity contribution >= 4 is 17.4 Å². The molecule has 0 radical (unpaired) electrons. The van der Waals surface area contributed by atoms with Crippen LogP contribution in [0.5, 0.6) is 0 Å². The molecule has 1 aliphatic heterocycles. The van der Waals surface area contributed by atoms with Crippen molar-refractivity contribution in [3.8, 4) is 11.4 Å². The molecule has 2 heterocycles. The van der Waals surface area contributed by atoms with Crippen LogP contribution in [0.3, 0.4) is 0 Å². The second-order valence-corrected chi connectivity index (χ2v) is 8.02. The summed E-state index contributed by atoms with van der Waals surface area (Å²) in [5.41, 5.74) is 2.34. The highest BCUT2D eigenvalue weighted by molar-refractivity contribution is 5.97. The van der Waals surface area contributed by atoms with Crippen LogP contribution in [0.25, 0.3) is 11.4 Å². The van der Waals surface area contributed by atoms with Crippen LogP contribution in [0.1, 0.15) is 48.8 Å². The average Bonchev–Trinajstić information content (AvgIpc) is 3.30. The van der Waals surface area contributed by atoms with Gasteiger partial charge in [0.1, 0.15) is 5.82 Å². The molecule has 160 valence electrons. The molecule has 0 bridgehead atoms. The third kappa shape index (κ3) is 4.88. The highest BCUT2D eigenvalue weighted by Crippen LogP contribution is 2.28.